The molecule has 1 fully saturated rings. The second kappa shape index (κ2) is 5.40. The molecular weight excluding hydrogens is 246 g/mol. The minimum atomic E-state index is -0.940. The van der Waals surface area contributed by atoms with Crippen LogP contribution in [0.1, 0.15) is 21.5 Å². The lowest BCUT2D eigenvalue weighted by Crippen LogP contribution is -2.43. The van der Waals surface area contributed by atoms with E-state index in [9.17, 15) is 9.59 Å². The molecule has 1 aromatic rings. The smallest absolute Gasteiger partial charge is 0.311 e. The summed E-state index contributed by atoms with van der Waals surface area (Å²) in [5.41, 5.74) is 2.37. The molecule has 2 unspecified atom stereocenters. The Morgan fingerprint density at radius 2 is 1.89 bits per heavy atom. The molecule has 1 heterocycles. The lowest BCUT2D eigenvalue weighted by molar-refractivity contribution is -0.142. The number of carboxylic acid groups (broad SMARTS) is 1. The van der Waals surface area contributed by atoms with Gasteiger partial charge in [0.2, 0.25) is 0 Å². The van der Waals surface area contributed by atoms with Gasteiger partial charge in [-0.25, -0.2) is 0 Å². The van der Waals surface area contributed by atoms with E-state index in [0.29, 0.717) is 5.56 Å². The minimum Gasteiger partial charge on any atom is -0.481 e. The summed E-state index contributed by atoms with van der Waals surface area (Å²) in [6.45, 7) is 4.12. The maximum absolute atomic E-state index is 12.3. The van der Waals surface area contributed by atoms with Crippen LogP contribution in [0.3, 0.4) is 0 Å². The molecule has 1 aliphatic heterocycles. The van der Waals surface area contributed by atoms with E-state index in [1.165, 1.54) is 0 Å². The molecule has 0 spiro atoms. The summed E-state index contributed by atoms with van der Waals surface area (Å²) in [4.78, 5) is 23.3. The monoisotopic (exact) mass is 263 g/mol. The van der Waals surface area contributed by atoms with Gasteiger partial charge in [-0.05, 0) is 25.0 Å². The molecule has 0 saturated carbocycles. The average Bonchev–Trinajstić information content (AvgIpc) is 2.76. The van der Waals surface area contributed by atoms with Gasteiger partial charge in [-0.1, -0.05) is 18.2 Å². The highest BCUT2D eigenvalue weighted by Crippen LogP contribution is 2.17. The van der Waals surface area contributed by atoms with E-state index < -0.39 is 17.9 Å². The van der Waals surface area contributed by atoms with Crippen LogP contribution in [-0.2, 0) is 9.53 Å². The first-order chi connectivity index (χ1) is 9.00. The molecule has 2 rings (SSSR count). The van der Waals surface area contributed by atoms with Crippen molar-refractivity contribution < 1.29 is 19.4 Å². The SMILES string of the molecule is Cc1cccc(C)c1C(=O)NC1COCC1C(=O)O. The van der Waals surface area contributed by atoms with E-state index >= 15 is 0 Å². The van der Waals surface area contributed by atoms with Gasteiger partial charge in [0, 0.05) is 5.56 Å². The zero-order valence-electron chi connectivity index (χ0n) is 11.0. The van der Waals surface area contributed by atoms with Crippen LogP contribution in [0.25, 0.3) is 0 Å². The van der Waals surface area contributed by atoms with Crippen LogP contribution >= 0.6 is 0 Å². The number of carboxylic acids is 1. The first-order valence-electron chi connectivity index (χ1n) is 6.18. The van der Waals surface area contributed by atoms with Crippen molar-refractivity contribution in [1.82, 2.24) is 5.32 Å². The molecule has 1 amide bonds. The number of hydrogen-bond donors (Lipinski definition) is 2. The average molecular weight is 263 g/mol. The number of carbonyl (C=O) groups is 2. The number of rotatable bonds is 3. The summed E-state index contributed by atoms with van der Waals surface area (Å²) in [7, 11) is 0. The van der Waals surface area contributed by atoms with Crippen LogP contribution in [0.5, 0.6) is 0 Å². The zero-order chi connectivity index (χ0) is 14.0. The Hall–Kier alpha value is -1.88. The molecule has 1 aromatic carbocycles. The summed E-state index contributed by atoms with van der Waals surface area (Å²) in [5.74, 6) is -1.85. The van der Waals surface area contributed by atoms with Crippen molar-refractivity contribution in [3.63, 3.8) is 0 Å². The first kappa shape index (κ1) is 13.5. The Balaban J connectivity index is 2.15. The van der Waals surface area contributed by atoms with Crippen molar-refractivity contribution in [3.05, 3.63) is 34.9 Å². The van der Waals surface area contributed by atoms with Gasteiger partial charge in [-0.3, -0.25) is 9.59 Å². The molecule has 0 radical (unpaired) electrons. The second-order valence-electron chi connectivity index (χ2n) is 4.83. The lowest BCUT2D eigenvalue weighted by Gasteiger charge is -2.17. The number of amides is 1. The third-order valence-electron chi connectivity index (χ3n) is 3.42. The molecule has 102 valence electrons. The molecule has 5 nitrogen and oxygen atoms in total. The van der Waals surface area contributed by atoms with Crippen molar-refractivity contribution in [2.45, 2.75) is 19.9 Å². The number of carbonyl (C=O) groups excluding carboxylic acids is 1. The van der Waals surface area contributed by atoms with E-state index in [1.54, 1.807) is 0 Å². The highest BCUT2D eigenvalue weighted by molar-refractivity contribution is 5.97. The summed E-state index contributed by atoms with van der Waals surface area (Å²) in [6.07, 6.45) is 0. The first-order valence-corrected chi connectivity index (χ1v) is 6.18. The standard InChI is InChI=1S/C14H17NO4/c1-8-4-3-5-9(2)12(8)13(16)15-11-7-19-6-10(11)14(17)18/h3-5,10-11H,6-7H2,1-2H3,(H,15,16)(H,17,18). The fourth-order valence-corrected chi connectivity index (χ4v) is 2.35. The molecule has 1 aliphatic rings. The molecule has 0 aliphatic carbocycles. The molecule has 2 atom stereocenters. The Morgan fingerprint density at radius 1 is 1.26 bits per heavy atom. The van der Waals surface area contributed by atoms with Crippen molar-refractivity contribution in [2.24, 2.45) is 5.92 Å². The van der Waals surface area contributed by atoms with E-state index in [-0.39, 0.29) is 19.1 Å². The molecule has 2 N–H and O–H groups in total. The van der Waals surface area contributed by atoms with Gasteiger partial charge in [0.05, 0.1) is 19.3 Å². The number of hydrogen-bond acceptors (Lipinski definition) is 3. The molecule has 1 saturated heterocycles. The number of ether oxygens (including phenoxy) is 1. The summed E-state index contributed by atoms with van der Waals surface area (Å²) in [5, 5.41) is 11.8. The Morgan fingerprint density at radius 3 is 2.47 bits per heavy atom. The highest BCUT2D eigenvalue weighted by Gasteiger charge is 2.35. The summed E-state index contributed by atoms with van der Waals surface area (Å²) in [6, 6.07) is 5.15. The third-order valence-corrected chi connectivity index (χ3v) is 3.42. The van der Waals surface area contributed by atoms with Crippen molar-refractivity contribution in [2.75, 3.05) is 13.2 Å². The largest absolute Gasteiger partial charge is 0.481 e. The van der Waals surface area contributed by atoms with Gasteiger partial charge in [-0.15, -0.1) is 0 Å². The Kier molecular flexibility index (Phi) is 3.85. The maximum atomic E-state index is 12.3. The second-order valence-corrected chi connectivity index (χ2v) is 4.83. The van der Waals surface area contributed by atoms with E-state index in [1.807, 2.05) is 32.0 Å². The van der Waals surface area contributed by atoms with E-state index in [0.717, 1.165) is 11.1 Å². The number of benzene rings is 1. The molecular formula is C14H17NO4. The molecule has 0 bridgehead atoms. The topological polar surface area (TPSA) is 75.6 Å². The zero-order valence-corrected chi connectivity index (χ0v) is 11.0. The predicted molar refractivity (Wildman–Crippen MR) is 69.1 cm³/mol. The van der Waals surface area contributed by atoms with Gasteiger partial charge in [-0.2, -0.15) is 0 Å². The fourth-order valence-electron chi connectivity index (χ4n) is 2.35. The Bertz CT molecular complexity index is 492. The normalized spacial score (nSPS) is 22.2. The van der Waals surface area contributed by atoms with Gasteiger partial charge in [0.15, 0.2) is 0 Å². The quantitative estimate of drug-likeness (QED) is 0.857. The molecule has 5 heteroatoms. The predicted octanol–water partition coefficient (Wildman–Crippen LogP) is 1.13. The van der Waals surface area contributed by atoms with Crippen molar-refractivity contribution in [1.29, 1.82) is 0 Å². The van der Waals surface area contributed by atoms with Crippen molar-refractivity contribution >= 4 is 11.9 Å². The van der Waals surface area contributed by atoms with Crippen LogP contribution in [0, 0.1) is 19.8 Å². The molecule has 19 heavy (non-hydrogen) atoms. The summed E-state index contributed by atoms with van der Waals surface area (Å²) < 4.78 is 5.13. The van der Waals surface area contributed by atoms with E-state index in [4.69, 9.17) is 9.84 Å². The maximum Gasteiger partial charge on any atom is 0.311 e. The number of aliphatic carboxylic acids is 1. The van der Waals surface area contributed by atoms with Gasteiger partial charge >= 0.3 is 5.97 Å². The number of nitrogens with one attached hydrogen (secondary N) is 1. The van der Waals surface area contributed by atoms with Crippen LogP contribution in [0.4, 0.5) is 0 Å². The van der Waals surface area contributed by atoms with Gasteiger partial charge in [0.25, 0.3) is 5.91 Å². The Labute approximate surface area is 111 Å². The lowest BCUT2D eigenvalue weighted by atomic mass is 10.00. The van der Waals surface area contributed by atoms with Crippen LogP contribution in [0.2, 0.25) is 0 Å². The van der Waals surface area contributed by atoms with Gasteiger partial charge in [0.1, 0.15) is 5.92 Å². The minimum absolute atomic E-state index is 0.146. The third kappa shape index (κ3) is 2.76. The van der Waals surface area contributed by atoms with Crippen LogP contribution in [0.15, 0.2) is 18.2 Å². The molecule has 0 aromatic heterocycles. The summed E-state index contributed by atoms with van der Waals surface area (Å²) >= 11 is 0. The highest BCUT2D eigenvalue weighted by atomic mass is 16.5. The van der Waals surface area contributed by atoms with Crippen LogP contribution < -0.4 is 5.32 Å². The van der Waals surface area contributed by atoms with Crippen LogP contribution in [-0.4, -0.2) is 36.2 Å². The van der Waals surface area contributed by atoms with Crippen molar-refractivity contribution in [3.8, 4) is 0 Å². The number of aryl methyl sites for hydroxylation is 2. The fraction of sp³-hybridized carbons (Fsp3) is 0.429. The van der Waals surface area contributed by atoms with E-state index in [2.05, 4.69) is 5.32 Å². The van der Waals surface area contributed by atoms with Gasteiger partial charge < -0.3 is 15.2 Å².